The Morgan fingerprint density at radius 2 is 2.22 bits per heavy atom. The van der Waals surface area contributed by atoms with Crippen LogP contribution >= 0.6 is 0 Å². The smallest absolute Gasteiger partial charge is 0.279 e. The van der Waals surface area contributed by atoms with Crippen LogP contribution in [0.25, 0.3) is 0 Å². The minimum absolute atomic E-state index is 0.190. The minimum Gasteiger partial charge on any atom is -0.469 e. The van der Waals surface area contributed by atoms with Gasteiger partial charge in [0, 0.05) is 26.1 Å². The lowest BCUT2D eigenvalue weighted by atomic mass is 10.2. The second kappa shape index (κ2) is 6.92. The standard InChI is InChI=1S/C12H22N2O3S/c1-4-5-8-14(3)18(15,16)13-11(2)10-12-7-6-9-17-12/h6-7,9,11,13H,4-5,8,10H2,1-3H3/t11-/m0/s1. The molecule has 1 atom stereocenters. The van der Waals surface area contributed by atoms with E-state index >= 15 is 0 Å². The Hall–Kier alpha value is -0.850. The van der Waals surface area contributed by atoms with Gasteiger partial charge in [-0.05, 0) is 25.5 Å². The van der Waals surface area contributed by atoms with Crippen LogP contribution in [0.4, 0.5) is 0 Å². The summed E-state index contributed by atoms with van der Waals surface area (Å²) in [6.45, 7) is 4.40. The fourth-order valence-electron chi connectivity index (χ4n) is 1.62. The van der Waals surface area contributed by atoms with Crippen molar-refractivity contribution < 1.29 is 12.8 Å². The molecule has 0 fully saturated rings. The van der Waals surface area contributed by atoms with Gasteiger partial charge >= 0.3 is 0 Å². The molecule has 0 aliphatic rings. The summed E-state index contributed by atoms with van der Waals surface area (Å²) >= 11 is 0. The molecule has 18 heavy (non-hydrogen) atoms. The maximum absolute atomic E-state index is 12.0. The number of rotatable bonds is 8. The predicted octanol–water partition coefficient (Wildman–Crippen LogP) is 1.78. The van der Waals surface area contributed by atoms with E-state index in [9.17, 15) is 8.42 Å². The SMILES string of the molecule is CCCCN(C)S(=O)(=O)N[C@@H](C)Cc1ccco1. The van der Waals surface area contributed by atoms with Crippen molar-refractivity contribution in [3.8, 4) is 0 Å². The maximum atomic E-state index is 12.0. The number of hydrogen-bond donors (Lipinski definition) is 1. The summed E-state index contributed by atoms with van der Waals surface area (Å²) in [5.74, 6) is 0.779. The highest BCUT2D eigenvalue weighted by Crippen LogP contribution is 2.06. The van der Waals surface area contributed by atoms with Crippen LogP contribution in [0.2, 0.25) is 0 Å². The first kappa shape index (κ1) is 15.2. The average Bonchev–Trinajstić information content (AvgIpc) is 2.77. The van der Waals surface area contributed by atoms with Crippen molar-refractivity contribution in [3.63, 3.8) is 0 Å². The van der Waals surface area contributed by atoms with Gasteiger partial charge in [-0.2, -0.15) is 17.4 Å². The molecule has 0 aliphatic heterocycles. The van der Waals surface area contributed by atoms with E-state index in [-0.39, 0.29) is 6.04 Å². The van der Waals surface area contributed by atoms with Crippen LogP contribution in [0.15, 0.2) is 22.8 Å². The fraction of sp³-hybridized carbons (Fsp3) is 0.667. The van der Waals surface area contributed by atoms with Gasteiger partial charge in [0.25, 0.3) is 10.2 Å². The first-order valence-electron chi connectivity index (χ1n) is 6.21. The van der Waals surface area contributed by atoms with E-state index in [1.165, 1.54) is 4.31 Å². The minimum atomic E-state index is -3.39. The summed E-state index contributed by atoms with van der Waals surface area (Å²) < 4.78 is 33.1. The molecule has 104 valence electrons. The molecule has 0 amide bonds. The summed E-state index contributed by atoms with van der Waals surface area (Å²) in [7, 11) is -1.80. The zero-order chi connectivity index (χ0) is 13.6. The summed E-state index contributed by atoms with van der Waals surface area (Å²) in [6.07, 6.45) is 3.98. The van der Waals surface area contributed by atoms with Crippen LogP contribution in [0.5, 0.6) is 0 Å². The van der Waals surface area contributed by atoms with Crippen LogP contribution in [-0.2, 0) is 16.6 Å². The summed E-state index contributed by atoms with van der Waals surface area (Å²) in [4.78, 5) is 0. The topological polar surface area (TPSA) is 62.6 Å². The van der Waals surface area contributed by atoms with Crippen LogP contribution in [0.3, 0.4) is 0 Å². The van der Waals surface area contributed by atoms with Gasteiger partial charge in [-0.25, -0.2) is 0 Å². The van der Waals surface area contributed by atoms with Crippen molar-refractivity contribution in [2.24, 2.45) is 0 Å². The number of nitrogens with one attached hydrogen (secondary N) is 1. The quantitative estimate of drug-likeness (QED) is 0.786. The van der Waals surface area contributed by atoms with E-state index in [1.54, 1.807) is 19.4 Å². The van der Waals surface area contributed by atoms with Crippen LogP contribution < -0.4 is 4.72 Å². The zero-order valence-corrected chi connectivity index (χ0v) is 12.0. The van der Waals surface area contributed by atoms with Gasteiger partial charge < -0.3 is 4.42 Å². The molecule has 0 saturated heterocycles. The molecule has 1 heterocycles. The van der Waals surface area contributed by atoms with E-state index in [2.05, 4.69) is 4.72 Å². The fourth-order valence-corrected chi connectivity index (χ4v) is 2.76. The molecule has 0 radical (unpaired) electrons. The molecule has 0 unspecified atom stereocenters. The van der Waals surface area contributed by atoms with Gasteiger partial charge in [0.2, 0.25) is 0 Å². The van der Waals surface area contributed by atoms with Crippen molar-refractivity contribution in [1.82, 2.24) is 9.03 Å². The molecule has 5 nitrogen and oxygen atoms in total. The molecule has 0 aliphatic carbocycles. The Morgan fingerprint density at radius 1 is 1.50 bits per heavy atom. The Morgan fingerprint density at radius 3 is 2.78 bits per heavy atom. The Kier molecular flexibility index (Phi) is 5.84. The first-order valence-corrected chi connectivity index (χ1v) is 7.65. The summed E-state index contributed by atoms with van der Waals surface area (Å²) in [5, 5.41) is 0. The average molecular weight is 274 g/mol. The van der Waals surface area contributed by atoms with Crippen molar-refractivity contribution >= 4 is 10.2 Å². The van der Waals surface area contributed by atoms with Crippen molar-refractivity contribution in [3.05, 3.63) is 24.2 Å². The second-order valence-corrected chi connectivity index (χ2v) is 6.29. The van der Waals surface area contributed by atoms with Crippen LogP contribution in [-0.4, -0.2) is 32.4 Å². The van der Waals surface area contributed by atoms with Gasteiger partial charge in [-0.3, -0.25) is 0 Å². The third-order valence-electron chi connectivity index (χ3n) is 2.67. The van der Waals surface area contributed by atoms with Crippen LogP contribution in [0.1, 0.15) is 32.4 Å². The number of hydrogen-bond acceptors (Lipinski definition) is 3. The molecule has 6 heteroatoms. The van der Waals surface area contributed by atoms with Crippen molar-refractivity contribution in [2.45, 2.75) is 39.2 Å². The molecule has 1 aromatic heterocycles. The lowest BCUT2D eigenvalue weighted by molar-refractivity contribution is 0.432. The van der Waals surface area contributed by atoms with Gasteiger partial charge in [0.1, 0.15) is 5.76 Å². The molecular weight excluding hydrogens is 252 g/mol. The maximum Gasteiger partial charge on any atom is 0.279 e. The van der Waals surface area contributed by atoms with Gasteiger partial charge in [-0.15, -0.1) is 0 Å². The lowest BCUT2D eigenvalue weighted by Crippen LogP contribution is -2.43. The monoisotopic (exact) mass is 274 g/mol. The van der Waals surface area contributed by atoms with E-state index in [0.29, 0.717) is 13.0 Å². The third-order valence-corrected chi connectivity index (χ3v) is 4.38. The largest absolute Gasteiger partial charge is 0.469 e. The highest BCUT2D eigenvalue weighted by molar-refractivity contribution is 7.87. The molecule has 1 aromatic rings. The number of unbranched alkanes of at least 4 members (excludes halogenated alkanes) is 1. The lowest BCUT2D eigenvalue weighted by Gasteiger charge is -2.20. The molecule has 0 saturated carbocycles. The van der Waals surface area contributed by atoms with Crippen LogP contribution in [0, 0.1) is 0 Å². The van der Waals surface area contributed by atoms with Crippen molar-refractivity contribution in [2.75, 3.05) is 13.6 Å². The highest BCUT2D eigenvalue weighted by Gasteiger charge is 2.20. The molecule has 1 N–H and O–H groups in total. The molecule has 0 spiro atoms. The number of furan rings is 1. The third kappa shape index (κ3) is 4.80. The Labute approximate surface area is 109 Å². The molecule has 0 aromatic carbocycles. The first-order chi connectivity index (χ1) is 8.45. The molecular formula is C12H22N2O3S. The highest BCUT2D eigenvalue weighted by atomic mass is 32.2. The number of nitrogens with zero attached hydrogens (tertiary/aromatic N) is 1. The van der Waals surface area contributed by atoms with E-state index < -0.39 is 10.2 Å². The van der Waals surface area contributed by atoms with Gasteiger partial charge in [-0.1, -0.05) is 13.3 Å². The Balaban J connectivity index is 2.49. The summed E-state index contributed by atoms with van der Waals surface area (Å²) in [6, 6.07) is 3.44. The normalized spacial score (nSPS) is 14.0. The Bertz CT molecular complexity index is 428. The predicted molar refractivity (Wildman–Crippen MR) is 71.5 cm³/mol. The summed E-state index contributed by atoms with van der Waals surface area (Å²) in [5.41, 5.74) is 0. The second-order valence-electron chi connectivity index (χ2n) is 4.48. The van der Waals surface area contributed by atoms with Crippen molar-refractivity contribution in [1.29, 1.82) is 0 Å². The molecule has 0 bridgehead atoms. The van der Waals surface area contributed by atoms with E-state index in [4.69, 9.17) is 4.42 Å². The van der Waals surface area contributed by atoms with E-state index in [0.717, 1.165) is 18.6 Å². The molecule has 1 rings (SSSR count). The van der Waals surface area contributed by atoms with Gasteiger partial charge in [0.15, 0.2) is 0 Å². The zero-order valence-electron chi connectivity index (χ0n) is 11.2. The van der Waals surface area contributed by atoms with E-state index in [1.807, 2.05) is 19.9 Å². The van der Waals surface area contributed by atoms with Gasteiger partial charge in [0.05, 0.1) is 6.26 Å².